The molecule has 1 saturated heterocycles. The van der Waals surface area contributed by atoms with Crippen LogP contribution in [-0.4, -0.2) is 42.1 Å². The highest BCUT2D eigenvalue weighted by Gasteiger charge is 2.32. The van der Waals surface area contributed by atoms with Gasteiger partial charge in [-0.15, -0.1) is 11.3 Å². The van der Waals surface area contributed by atoms with Crippen molar-refractivity contribution in [2.45, 2.75) is 39.3 Å². The van der Waals surface area contributed by atoms with E-state index in [1.54, 1.807) is 11.3 Å². The maximum Gasteiger partial charge on any atom is 0.185 e. The molecule has 0 saturated carbocycles. The second-order valence-electron chi connectivity index (χ2n) is 5.58. The van der Waals surface area contributed by atoms with Crippen molar-refractivity contribution in [2.75, 3.05) is 31.6 Å². The topological polar surface area (TPSA) is 45.4 Å². The summed E-state index contributed by atoms with van der Waals surface area (Å²) in [5.41, 5.74) is 7.17. The molecule has 0 amide bonds. The van der Waals surface area contributed by atoms with Gasteiger partial charge in [0.1, 0.15) is 0 Å². The predicted molar refractivity (Wildman–Crippen MR) is 78.3 cm³/mol. The summed E-state index contributed by atoms with van der Waals surface area (Å²) < 4.78 is 0. The Morgan fingerprint density at radius 2 is 2.11 bits per heavy atom. The molecular weight excluding hydrogens is 244 g/mol. The Bertz CT molecular complexity index is 392. The average Bonchev–Trinajstić information content (AvgIpc) is 2.75. The number of piperazine rings is 1. The number of rotatable bonds is 3. The number of nitrogens with zero attached hydrogens (tertiary/aromatic N) is 3. The molecule has 1 aromatic heterocycles. The molecule has 1 aromatic rings. The van der Waals surface area contributed by atoms with E-state index in [4.69, 9.17) is 10.7 Å². The van der Waals surface area contributed by atoms with Crippen LogP contribution in [0.2, 0.25) is 0 Å². The molecule has 2 rings (SSSR count). The van der Waals surface area contributed by atoms with Crippen LogP contribution in [0, 0.1) is 0 Å². The highest BCUT2D eigenvalue weighted by molar-refractivity contribution is 7.15. The largest absolute Gasteiger partial charge is 0.345 e. The Morgan fingerprint density at radius 1 is 1.39 bits per heavy atom. The second kappa shape index (κ2) is 5.15. The first-order valence-electron chi connectivity index (χ1n) is 6.62. The molecule has 0 bridgehead atoms. The zero-order valence-corrected chi connectivity index (χ0v) is 12.7. The van der Waals surface area contributed by atoms with Gasteiger partial charge in [0, 0.05) is 36.6 Å². The third-order valence-corrected chi connectivity index (χ3v) is 5.06. The van der Waals surface area contributed by atoms with Crippen LogP contribution in [0.5, 0.6) is 0 Å². The van der Waals surface area contributed by atoms with Gasteiger partial charge in [-0.05, 0) is 27.3 Å². The van der Waals surface area contributed by atoms with Gasteiger partial charge < -0.3 is 10.6 Å². The molecule has 1 fully saturated rings. The highest BCUT2D eigenvalue weighted by Crippen LogP contribution is 2.30. The van der Waals surface area contributed by atoms with Gasteiger partial charge in [-0.2, -0.15) is 0 Å². The predicted octanol–water partition coefficient (Wildman–Crippen LogP) is 1.69. The number of thiazole rings is 1. The van der Waals surface area contributed by atoms with E-state index in [-0.39, 0.29) is 5.54 Å². The highest BCUT2D eigenvalue weighted by atomic mass is 32.1. The normalized spacial score (nSPS) is 20.4. The number of hydrogen-bond acceptors (Lipinski definition) is 5. The molecule has 5 heteroatoms. The summed E-state index contributed by atoms with van der Waals surface area (Å²) in [6.07, 6.45) is 0.972. The molecule has 4 nitrogen and oxygen atoms in total. The van der Waals surface area contributed by atoms with Crippen LogP contribution in [0.1, 0.15) is 31.3 Å². The summed E-state index contributed by atoms with van der Waals surface area (Å²) >= 11 is 1.76. The molecule has 0 radical (unpaired) electrons. The smallest absolute Gasteiger partial charge is 0.185 e. The van der Waals surface area contributed by atoms with Crippen LogP contribution in [-0.2, 0) is 13.0 Å². The summed E-state index contributed by atoms with van der Waals surface area (Å²) in [6, 6.07) is 0. The standard InChI is InChI=1S/C13H24N4S/c1-5-10-11(8-14)18-12(15-10)17-7-6-16(4)13(2,3)9-17/h5-9,14H2,1-4H3. The molecule has 18 heavy (non-hydrogen) atoms. The third-order valence-electron chi connectivity index (χ3n) is 3.87. The number of aromatic nitrogens is 1. The van der Waals surface area contributed by atoms with E-state index >= 15 is 0 Å². The molecule has 0 aromatic carbocycles. The monoisotopic (exact) mass is 268 g/mol. The lowest BCUT2D eigenvalue weighted by Crippen LogP contribution is -2.57. The Kier molecular flexibility index (Phi) is 3.94. The van der Waals surface area contributed by atoms with E-state index < -0.39 is 0 Å². The molecule has 0 unspecified atom stereocenters. The van der Waals surface area contributed by atoms with E-state index in [9.17, 15) is 0 Å². The van der Waals surface area contributed by atoms with Gasteiger partial charge in [-0.1, -0.05) is 6.92 Å². The van der Waals surface area contributed by atoms with Crippen LogP contribution < -0.4 is 10.6 Å². The molecule has 0 atom stereocenters. The lowest BCUT2D eigenvalue weighted by atomic mass is 10.0. The van der Waals surface area contributed by atoms with Gasteiger partial charge in [-0.3, -0.25) is 4.90 Å². The number of likely N-dealkylation sites (N-methyl/N-ethyl adjacent to an activating group) is 1. The lowest BCUT2D eigenvalue weighted by molar-refractivity contribution is 0.139. The maximum atomic E-state index is 5.79. The average molecular weight is 268 g/mol. The van der Waals surface area contributed by atoms with E-state index in [2.05, 4.69) is 37.6 Å². The van der Waals surface area contributed by atoms with Gasteiger partial charge in [0.2, 0.25) is 0 Å². The molecular formula is C13H24N4S. The lowest BCUT2D eigenvalue weighted by Gasteiger charge is -2.45. The third kappa shape index (κ3) is 2.53. The summed E-state index contributed by atoms with van der Waals surface area (Å²) in [6.45, 7) is 10.5. The van der Waals surface area contributed by atoms with E-state index in [0.717, 1.165) is 31.2 Å². The van der Waals surface area contributed by atoms with Crippen molar-refractivity contribution in [3.8, 4) is 0 Å². The number of aryl methyl sites for hydroxylation is 1. The number of nitrogens with two attached hydrogens (primary N) is 1. The number of hydrogen-bond donors (Lipinski definition) is 1. The minimum Gasteiger partial charge on any atom is -0.345 e. The van der Waals surface area contributed by atoms with Crippen molar-refractivity contribution >= 4 is 16.5 Å². The summed E-state index contributed by atoms with van der Waals surface area (Å²) in [4.78, 5) is 10.8. The van der Waals surface area contributed by atoms with Crippen molar-refractivity contribution in [3.63, 3.8) is 0 Å². The van der Waals surface area contributed by atoms with E-state index in [0.29, 0.717) is 6.54 Å². The quantitative estimate of drug-likeness (QED) is 0.906. The van der Waals surface area contributed by atoms with Crippen LogP contribution in [0.4, 0.5) is 5.13 Å². The molecule has 0 spiro atoms. The van der Waals surface area contributed by atoms with E-state index in [1.807, 2.05) is 0 Å². The molecule has 0 aliphatic carbocycles. The van der Waals surface area contributed by atoms with Crippen LogP contribution in [0.15, 0.2) is 0 Å². The van der Waals surface area contributed by atoms with Gasteiger partial charge in [-0.25, -0.2) is 4.98 Å². The first kappa shape index (κ1) is 13.8. The van der Waals surface area contributed by atoms with Gasteiger partial charge in [0.05, 0.1) is 5.69 Å². The van der Waals surface area contributed by atoms with Gasteiger partial charge >= 0.3 is 0 Å². The molecule has 2 N–H and O–H groups in total. The van der Waals surface area contributed by atoms with Gasteiger partial charge in [0.25, 0.3) is 0 Å². The fraction of sp³-hybridized carbons (Fsp3) is 0.769. The zero-order chi connectivity index (χ0) is 13.3. The molecule has 1 aliphatic rings. The minimum atomic E-state index is 0.208. The summed E-state index contributed by atoms with van der Waals surface area (Å²) in [5.74, 6) is 0. The van der Waals surface area contributed by atoms with Crippen molar-refractivity contribution in [2.24, 2.45) is 5.73 Å². The molecule has 1 aliphatic heterocycles. The fourth-order valence-electron chi connectivity index (χ4n) is 2.34. The first-order valence-corrected chi connectivity index (χ1v) is 7.44. The first-order chi connectivity index (χ1) is 8.47. The van der Waals surface area contributed by atoms with Crippen LogP contribution in [0.25, 0.3) is 0 Å². The maximum absolute atomic E-state index is 5.79. The summed E-state index contributed by atoms with van der Waals surface area (Å²) in [7, 11) is 2.20. The van der Waals surface area contributed by atoms with Crippen molar-refractivity contribution in [1.29, 1.82) is 0 Å². The van der Waals surface area contributed by atoms with Gasteiger partial charge in [0.15, 0.2) is 5.13 Å². The molecule has 2 heterocycles. The number of anilines is 1. The minimum absolute atomic E-state index is 0.208. The summed E-state index contributed by atoms with van der Waals surface area (Å²) in [5, 5.41) is 1.15. The van der Waals surface area contributed by atoms with Crippen molar-refractivity contribution in [1.82, 2.24) is 9.88 Å². The fourth-order valence-corrected chi connectivity index (χ4v) is 3.40. The molecule has 102 valence electrons. The van der Waals surface area contributed by atoms with Crippen molar-refractivity contribution < 1.29 is 0 Å². The Balaban J connectivity index is 2.19. The zero-order valence-electron chi connectivity index (χ0n) is 11.9. The Hall–Kier alpha value is -0.650. The Labute approximate surface area is 114 Å². The van der Waals surface area contributed by atoms with Crippen LogP contribution >= 0.6 is 11.3 Å². The van der Waals surface area contributed by atoms with E-state index in [1.165, 1.54) is 10.6 Å². The second-order valence-corrected chi connectivity index (χ2v) is 6.64. The SMILES string of the molecule is CCc1nc(N2CCN(C)C(C)(C)C2)sc1CN. The van der Waals surface area contributed by atoms with Crippen LogP contribution in [0.3, 0.4) is 0 Å². The Morgan fingerprint density at radius 3 is 2.61 bits per heavy atom. The van der Waals surface area contributed by atoms with Crippen molar-refractivity contribution in [3.05, 3.63) is 10.6 Å².